The van der Waals surface area contributed by atoms with E-state index in [0.717, 1.165) is 0 Å². The van der Waals surface area contributed by atoms with Crippen molar-refractivity contribution in [3.8, 4) is 11.3 Å². The molecule has 0 atom stereocenters. The van der Waals surface area contributed by atoms with Gasteiger partial charge in [-0.2, -0.15) is 0 Å². The molecule has 2 aromatic heterocycles. The molecule has 4 rings (SSSR count). The van der Waals surface area contributed by atoms with Gasteiger partial charge in [0.25, 0.3) is 0 Å². The van der Waals surface area contributed by atoms with Crippen LogP contribution in [0.2, 0.25) is 13.1 Å². The molecule has 120 valence electrons. The highest BCUT2D eigenvalue weighted by Gasteiger charge is 2.36. The Morgan fingerprint density at radius 2 is 1.88 bits per heavy atom. The number of benzene rings is 1. The molecule has 0 saturated carbocycles. The van der Waals surface area contributed by atoms with E-state index in [1.54, 1.807) is 0 Å². The summed E-state index contributed by atoms with van der Waals surface area (Å²) in [7, 11) is 0.417. The number of hydrogen-bond acceptors (Lipinski definition) is 2. The fourth-order valence-corrected chi connectivity index (χ4v) is 8.89. The van der Waals surface area contributed by atoms with Gasteiger partial charge in [0.2, 0.25) is 5.69 Å². The van der Waals surface area contributed by atoms with Crippen molar-refractivity contribution >= 4 is 30.2 Å². The van der Waals surface area contributed by atoms with Crippen LogP contribution >= 0.6 is 11.8 Å². The quantitative estimate of drug-likeness (QED) is 0.496. The number of aryl methyl sites for hydroxylation is 2. The molecule has 0 bridgehead atoms. The lowest BCUT2D eigenvalue weighted by molar-refractivity contribution is -0.660. The summed E-state index contributed by atoms with van der Waals surface area (Å²) in [4.78, 5) is 6.03. The van der Waals surface area contributed by atoms with Gasteiger partial charge in [0.15, 0.2) is 6.20 Å². The van der Waals surface area contributed by atoms with Crippen LogP contribution in [0.5, 0.6) is 0 Å². The van der Waals surface area contributed by atoms with Crippen LogP contribution in [0.3, 0.4) is 0 Å². The first-order valence-electron chi connectivity index (χ1n) is 8.22. The van der Waals surface area contributed by atoms with Gasteiger partial charge in [-0.3, -0.25) is 0 Å². The van der Waals surface area contributed by atoms with E-state index in [4.69, 9.17) is 0 Å². The summed E-state index contributed by atoms with van der Waals surface area (Å²) in [5.41, 5.74) is 3.92. The molecule has 0 unspecified atom stereocenters. The van der Waals surface area contributed by atoms with E-state index in [2.05, 4.69) is 85.3 Å². The molecule has 0 spiro atoms. The van der Waals surface area contributed by atoms with E-state index in [1.165, 1.54) is 37.1 Å². The standard InChI is InChI=1S/C20H21N2SSi/c1-14-12-19-17(13-15(14)16-8-5-6-11-22(16)2)23-20-18(24(19,3)4)9-7-10-21-20/h5-13H,1-4H3/q+1. The Bertz CT molecular complexity index is 950. The largest absolute Gasteiger partial charge is 0.250 e. The van der Waals surface area contributed by atoms with Gasteiger partial charge in [0.05, 0.1) is 5.56 Å². The minimum atomic E-state index is -1.69. The summed E-state index contributed by atoms with van der Waals surface area (Å²) in [5, 5.41) is 4.18. The minimum absolute atomic E-state index is 1.19. The van der Waals surface area contributed by atoms with Gasteiger partial charge in [-0.15, -0.1) is 0 Å². The molecule has 0 radical (unpaired) electrons. The number of pyridine rings is 2. The van der Waals surface area contributed by atoms with Gasteiger partial charge in [0, 0.05) is 23.2 Å². The van der Waals surface area contributed by atoms with Gasteiger partial charge < -0.3 is 0 Å². The lowest BCUT2D eigenvalue weighted by Gasteiger charge is -2.32. The molecule has 0 fully saturated rings. The Morgan fingerprint density at radius 1 is 1.04 bits per heavy atom. The fourth-order valence-electron chi connectivity index (χ4n) is 3.54. The first-order chi connectivity index (χ1) is 11.5. The molecule has 4 heteroatoms. The molecule has 0 aliphatic carbocycles. The van der Waals surface area contributed by atoms with Crippen molar-refractivity contribution in [1.82, 2.24) is 4.98 Å². The van der Waals surface area contributed by atoms with Gasteiger partial charge in [-0.05, 0) is 41.1 Å². The Labute approximate surface area is 148 Å². The normalized spacial score (nSPS) is 14.8. The summed E-state index contributed by atoms with van der Waals surface area (Å²) in [5.74, 6) is 0. The molecule has 1 aromatic carbocycles. The number of nitrogens with zero attached hydrogens (tertiary/aromatic N) is 2. The van der Waals surface area contributed by atoms with Crippen molar-refractivity contribution in [3.63, 3.8) is 0 Å². The van der Waals surface area contributed by atoms with E-state index in [1.807, 2.05) is 18.0 Å². The van der Waals surface area contributed by atoms with Crippen molar-refractivity contribution in [1.29, 1.82) is 0 Å². The molecule has 24 heavy (non-hydrogen) atoms. The predicted molar refractivity (Wildman–Crippen MR) is 103 cm³/mol. The van der Waals surface area contributed by atoms with Crippen LogP contribution in [-0.2, 0) is 7.05 Å². The third kappa shape index (κ3) is 2.33. The molecule has 0 N–H and O–H groups in total. The van der Waals surface area contributed by atoms with Gasteiger partial charge in [0.1, 0.15) is 20.1 Å². The molecule has 2 nitrogen and oxygen atoms in total. The zero-order valence-corrected chi connectivity index (χ0v) is 16.3. The third-order valence-corrected chi connectivity index (χ3v) is 9.93. The molecule has 3 aromatic rings. The molecule has 0 saturated heterocycles. The molecule has 3 heterocycles. The van der Waals surface area contributed by atoms with E-state index < -0.39 is 8.07 Å². The van der Waals surface area contributed by atoms with Gasteiger partial charge in [-0.25, -0.2) is 9.55 Å². The maximum absolute atomic E-state index is 4.65. The average Bonchev–Trinajstić information content (AvgIpc) is 2.56. The monoisotopic (exact) mass is 349 g/mol. The van der Waals surface area contributed by atoms with Crippen LogP contribution < -0.4 is 14.9 Å². The summed E-state index contributed by atoms with van der Waals surface area (Å²) >= 11 is 1.82. The number of rotatable bonds is 1. The Hall–Kier alpha value is -1.91. The summed E-state index contributed by atoms with van der Waals surface area (Å²) in [6, 6.07) is 15.5. The van der Waals surface area contributed by atoms with E-state index in [0.29, 0.717) is 0 Å². The van der Waals surface area contributed by atoms with Crippen LogP contribution in [0.4, 0.5) is 0 Å². The molecule has 1 aliphatic heterocycles. The van der Waals surface area contributed by atoms with E-state index >= 15 is 0 Å². The van der Waals surface area contributed by atoms with Crippen molar-refractivity contribution in [2.24, 2.45) is 7.05 Å². The lowest BCUT2D eigenvalue weighted by Crippen LogP contribution is -2.56. The van der Waals surface area contributed by atoms with Crippen LogP contribution in [0.25, 0.3) is 11.3 Å². The Balaban J connectivity index is 1.93. The topological polar surface area (TPSA) is 16.8 Å². The molecular weight excluding hydrogens is 328 g/mol. The van der Waals surface area contributed by atoms with E-state index in [-0.39, 0.29) is 0 Å². The summed E-state index contributed by atoms with van der Waals surface area (Å²) in [6.45, 7) is 7.11. The predicted octanol–water partition coefficient (Wildman–Crippen LogP) is 3.17. The zero-order valence-electron chi connectivity index (χ0n) is 14.5. The lowest BCUT2D eigenvalue weighted by atomic mass is 10.0. The number of hydrogen-bond donors (Lipinski definition) is 0. The fraction of sp³-hybridized carbons (Fsp3) is 0.200. The second-order valence-electron chi connectivity index (χ2n) is 6.94. The number of fused-ring (bicyclic) bond motifs is 2. The maximum Gasteiger partial charge on any atom is 0.212 e. The molecule has 1 aliphatic rings. The third-order valence-electron chi connectivity index (χ3n) is 4.98. The first-order valence-corrected chi connectivity index (χ1v) is 12.0. The van der Waals surface area contributed by atoms with Crippen LogP contribution in [0.1, 0.15) is 5.56 Å². The van der Waals surface area contributed by atoms with Crippen molar-refractivity contribution < 1.29 is 4.57 Å². The average molecular weight is 350 g/mol. The van der Waals surface area contributed by atoms with Crippen molar-refractivity contribution in [2.45, 2.75) is 29.9 Å². The smallest absolute Gasteiger partial charge is 0.212 e. The maximum atomic E-state index is 4.65. The highest BCUT2D eigenvalue weighted by molar-refractivity contribution is 8.00. The highest BCUT2D eigenvalue weighted by Crippen LogP contribution is 2.34. The van der Waals surface area contributed by atoms with Gasteiger partial charge in [-0.1, -0.05) is 37.0 Å². The summed E-state index contributed by atoms with van der Waals surface area (Å²) < 4.78 is 2.19. The van der Waals surface area contributed by atoms with E-state index in [9.17, 15) is 0 Å². The van der Waals surface area contributed by atoms with Crippen LogP contribution in [0.15, 0.2) is 64.8 Å². The van der Waals surface area contributed by atoms with Gasteiger partial charge >= 0.3 is 0 Å². The van der Waals surface area contributed by atoms with Crippen molar-refractivity contribution in [3.05, 3.63) is 60.4 Å². The Kier molecular flexibility index (Phi) is 3.62. The molecule has 0 amide bonds. The second kappa shape index (κ2) is 5.57. The first kappa shape index (κ1) is 15.6. The molecular formula is C20H21N2SSi+. The van der Waals surface area contributed by atoms with Crippen LogP contribution in [-0.4, -0.2) is 13.1 Å². The zero-order chi connectivity index (χ0) is 16.9. The number of aromatic nitrogens is 2. The minimum Gasteiger partial charge on any atom is -0.250 e. The second-order valence-corrected chi connectivity index (χ2v) is 12.3. The SMILES string of the molecule is Cc1cc2c(cc1-c1cccc[n+]1C)Sc1ncccc1[Si]2(C)C. The van der Waals surface area contributed by atoms with Crippen LogP contribution in [0, 0.1) is 6.92 Å². The highest BCUT2D eigenvalue weighted by atomic mass is 32.2. The Morgan fingerprint density at radius 3 is 2.67 bits per heavy atom. The summed E-state index contributed by atoms with van der Waals surface area (Å²) in [6.07, 6.45) is 4.02. The van der Waals surface area contributed by atoms with Crippen molar-refractivity contribution in [2.75, 3.05) is 0 Å².